The molecule has 0 aliphatic carbocycles. The third-order valence-corrected chi connectivity index (χ3v) is 7.65. The van der Waals surface area contributed by atoms with Gasteiger partial charge in [-0.1, -0.05) is 23.2 Å². The summed E-state index contributed by atoms with van der Waals surface area (Å²) in [5.41, 5.74) is 1.49. The lowest BCUT2D eigenvalue weighted by molar-refractivity contribution is -0.148. The van der Waals surface area contributed by atoms with Crippen LogP contribution in [0, 0.1) is 5.41 Å². The molecule has 2 amide bonds. The fourth-order valence-corrected chi connectivity index (χ4v) is 5.12. The van der Waals surface area contributed by atoms with E-state index in [1.165, 1.54) is 0 Å². The Hall–Kier alpha value is -3.55. The van der Waals surface area contributed by atoms with Crippen molar-refractivity contribution in [1.82, 2.24) is 0 Å². The predicted octanol–water partition coefficient (Wildman–Crippen LogP) is 7.06. The lowest BCUT2D eigenvalue weighted by Gasteiger charge is -2.40. The number of nitrogens with zero attached hydrogens (tertiary/aromatic N) is 2. The molecule has 1 N–H and O–H groups in total. The third-order valence-electron chi connectivity index (χ3n) is 7.16. The maximum Gasteiger partial charge on any atom is 0.312 e. The van der Waals surface area contributed by atoms with E-state index >= 15 is 0 Å². The molecule has 9 heteroatoms. The van der Waals surface area contributed by atoms with Gasteiger partial charge in [-0.15, -0.1) is 0 Å². The van der Waals surface area contributed by atoms with Crippen molar-refractivity contribution in [3.63, 3.8) is 0 Å². The van der Waals surface area contributed by atoms with Crippen molar-refractivity contribution in [2.75, 3.05) is 23.0 Å². The van der Waals surface area contributed by atoms with Crippen LogP contribution in [0.15, 0.2) is 66.7 Å². The minimum absolute atomic E-state index is 0.00681. The van der Waals surface area contributed by atoms with Crippen LogP contribution in [0.1, 0.15) is 56.0 Å². The van der Waals surface area contributed by atoms with Gasteiger partial charge in [0.1, 0.15) is 12.4 Å². The number of carboxylic acid groups (broad SMARTS) is 1. The summed E-state index contributed by atoms with van der Waals surface area (Å²) in [4.78, 5) is 42.4. The van der Waals surface area contributed by atoms with Gasteiger partial charge in [-0.05, 0) is 106 Å². The first-order valence-corrected chi connectivity index (χ1v) is 13.8. The Morgan fingerprint density at radius 2 is 1.62 bits per heavy atom. The number of likely N-dealkylation sites (N-methyl/N-ethyl adjacent to an activating group) is 1. The third kappa shape index (κ3) is 6.11. The fraction of sp³-hybridized carbons (Fsp3) is 0.323. The zero-order valence-electron chi connectivity index (χ0n) is 22.9. The maximum absolute atomic E-state index is 13.9. The molecule has 1 aliphatic rings. The predicted molar refractivity (Wildman–Crippen MR) is 158 cm³/mol. The van der Waals surface area contributed by atoms with Crippen molar-refractivity contribution in [3.05, 3.63) is 87.9 Å². The van der Waals surface area contributed by atoms with Crippen LogP contribution < -0.4 is 14.5 Å². The van der Waals surface area contributed by atoms with Crippen molar-refractivity contribution in [2.45, 2.75) is 46.1 Å². The first-order valence-electron chi connectivity index (χ1n) is 13.1. The molecule has 0 bridgehead atoms. The van der Waals surface area contributed by atoms with Crippen LogP contribution in [0.3, 0.4) is 0 Å². The smallest absolute Gasteiger partial charge is 0.312 e. The summed E-state index contributed by atoms with van der Waals surface area (Å²) in [6, 6.07) is 18.8. The van der Waals surface area contributed by atoms with E-state index in [0.29, 0.717) is 45.6 Å². The number of hydrogen-bond donors (Lipinski definition) is 1. The number of anilines is 2. The van der Waals surface area contributed by atoms with E-state index in [4.69, 9.17) is 27.9 Å². The van der Waals surface area contributed by atoms with E-state index in [2.05, 4.69) is 0 Å². The molecule has 0 unspecified atom stereocenters. The second kappa shape index (κ2) is 11.9. The SMILES string of the molecule is CCN(C(=O)[C@H]1C[C@H](C)N(C(=O)c2ccc(OCC(C)(C)C(=O)O)cc2)c2ccc(Cl)cc21)c1ccc(Cl)cc1. The van der Waals surface area contributed by atoms with Gasteiger partial charge in [-0.25, -0.2) is 0 Å². The molecule has 4 rings (SSSR count). The Labute approximate surface area is 244 Å². The monoisotopic (exact) mass is 582 g/mol. The molecule has 1 aliphatic heterocycles. The van der Waals surface area contributed by atoms with Crippen LogP contribution in [0.25, 0.3) is 0 Å². The summed E-state index contributed by atoms with van der Waals surface area (Å²) in [5, 5.41) is 10.4. The highest BCUT2D eigenvalue weighted by Gasteiger charge is 2.39. The van der Waals surface area contributed by atoms with Crippen molar-refractivity contribution in [1.29, 1.82) is 0 Å². The average molecular weight is 584 g/mol. The Morgan fingerprint density at radius 3 is 2.23 bits per heavy atom. The first kappa shape index (κ1) is 29.4. The van der Waals surface area contributed by atoms with E-state index in [0.717, 1.165) is 5.69 Å². The molecular weight excluding hydrogens is 551 g/mol. The molecule has 0 saturated carbocycles. The summed E-state index contributed by atoms with van der Waals surface area (Å²) in [5.74, 6) is -1.26. The highest BCUT2D eigenvalue weighted by atomic mass is 35.5. The van der Waals surface area contributed by atoms with Gasteiger partial charge in [-0.3, -0.25) is 14.4 Å². The zero-order chi connectivity index (χ0) is 29.2. The summed E-state index contributed by atoms with van der Waals surface area (Å²) in [6.45, 7) is 7.49. The molecule has 0 aromatic heterocycles. The number of fused-ring (bicyclic) bond motifs is 1. The summed E-state index contributed by atoms with van der Waals surface area (Å²) in [7, 11) is 0. The number of amides is 2. The van der Waals surface area contributed by atoms with Crippen LogP contribution >= 0.6 is 23.2 Å². The number of benzene rings is 3. The van der Waals surface area contributed by atoms with E-state index in [-0.39, 0.29) is 24.5 Å². The largest absolute Gasteiger partial charge is 0.492 e. The zero-order valence-corrected chi connectivity index (χ0v) is 24.4. The van der Waals surface area contributed by atoms with Crippen LogP contribution in [-0.2, 0) is 9.59 Å². The average Bonchev–Trinajstić information content (AvgIpc) is 2.93. The number of rotatable bonds is 8. The number of carbonyl (C=O) groups is 3. The van der Waals surface area contributed by atoms with Gasteiger partial charge in [0.05, 0.1) is 11.3 Å². The number of carbonyl (C=O) groups excluding carboxylic acids is 2. The standard InChI is InChI=1S/C31H32Cl2N2O5/c1-5-34(23-11-8-21(32)9-12-23)29(37)26-16-19(2)35(27-15-10-22(33)17-25(26)27)28(36)20-6-13-24(14-7-20)40-18-31(3,4)30(38)39/h6-15,17,19,26H,5,16,18H2,1-4H3,(H,38,39)/t19-,26-/m0/s1. The van der Waals surface area contributed by atoms with Crippen LogP contribution in [-0.4, -0.2) is 42.1 Å². The first-order chi connectivity index (χ1) is 18.9. The molecule has 0 radical (unpaired) electrons. The fourth-order valence-electron chi connectivity index (χ4n) is 4.81. The Bertz CT molecular complexity index is 1410. The lowest BCUT2D eigenvalue weighted by atomic mass is 9.84. The van der Waals surface area contributed by atoms with Crippen LogP contribution in [0.2, 0.25) is 10.0 Å². The molecule has 1 heterocycles. The molecule has 40 heavy (non-hydrogen) atoms. The highest BCUT2D eigenvalue weighted by molar-refractivity contribution is 6.31. The van der Waals surface area contributed by atoms with E-state index in [1.807, 2.05) is 26.0 Å². The molecule has 2 atom stereocenters. The van der Waals surface area contributed by atoms with E-state index in [1.54, 1.807) is 78.2 Å². The van der Waals surface area contributed by atoms with Crippen molar-refractivity contribution in [2.24, 2.45) is 5.41 Å². The molecule has 210 valence electrons. The Morgan fingerprint density at radius 1 is 1.00 bits per heavy atom. The summed E-state index contributed by atoms with van der Waals surface area (Å²) < 4.78 is 5.65. The number of aliphatic carboxylic acids is 1. The van der Waals surface area contributed by atoms with Crippen LogP contribution in [0.5, 0.6) is 5.75 Å². The second-order valence-corrected chi connectivity index (χ2v) is 11.4. The molecule has 0 spiro atoms. The van der Waals surface area contributed by atoms with Gasteiger partial charge >= 0.3 is 5.97 Å². The highest BCUT2D eigenvalue weighted by Crippen LogP contribution is 2.42. The van der Waals surface area contributed by atoms with Crippen molar-refractivity contribution in [3.8, 4) is 5.75 Å². The van der Waals surface area contributed by atoms with Crippen molar-refractivity contribution < 1.29 is 24.2 Å². The van der Waals surface area contributed by atoms with Gasteiger partial charge in [0.15, 0.2) is 0 Å². The quantitative estimate of drug-likeness (QED) is 0.307. The van der Waals surface area contributed by atoms with Gasteiger partial charge in [0.2, 0.25) is 5.91 Å². The number of halogens is 2. The van der Waals surface area contributed by atoms with Gasteiger partial charge in [0.25, 0.3) is 5.91 Å². The number of carboxylic acids is 1. The maximum atomic E-state index is 13.9. The Kier molecular flexibility index (Phi) is 8.76. The topological polar surface area (TPSA) is 87.2 Å². The summed E-state index contributed by atoms with van der Waals surface area (Å²) in [6.07, 6.45) is 0.424. The normalized spacial score (nSPS) is 16.7. The molecular formula is C31H32Cl2N2O5. The molecule has 0 saturated heterocycles. The molecule has 3 aromatic rings. The van der Waals surface area contributed by atoms with Gasteiger partial charge in [-0.2, -0.15) is 0 Å². The minimum Gasteiger partial charge on any atom is -0.492 e. The second-order valence-electron chi connectivity index (χ2n) is 10.6. The molecule has 3 aromatic carbocycles. The minimum atomic E-state index is -1.04. The number of ether oxygens (including phenoxy) is 1. The van der Waals surface area contributed by atoms with Gasteiger partial charge in [0, 0.05) is 39.6 Å². The van der Waals surface area contributed by atoms with E-state index in [9.17, 15) is 19.5 Å². The summed E-state index contributed by atoms with van der Waals surface area (Å²) >= 11 is 12.4. The van der Waals surface area contributed by atoms with E-state index < -0.39 is 17.3 Å². The lowest BCUT2D eigenvalue weighted by Crippen LogP contribution is -2.46. The van der Waals surface area contributed by atoms with Crippen molar-refractivity contribution >= 4 is 52.4 Å². The van der Waals surface area contributed by atoms with Gasteiger partial charge < -0.3 is 19.6 Å². The molecule has 7 nitrogen and oxygen atoms in total. The molecule has 0 fully saturated rings. The van der Waals surface area contributed by atoms with Crippen LogP contribution in [0.4, 0.5) is 11.4 Å². The Balaban J connectivity index is 1.61. The number of hydrogen-bond acceptors (Lipinski definition) is 4.